The Kier molecular flexibility index (Phi) is 7.12. The summed E-state index contributed by atoms with van der Waals surface area (Å²) in [6, 6.07) is 7.47. The number of unbranched alkanes of at least 4 members (excludes halogenated alkanes) is 1. The Hall–Kier alpha value is -0.840. The highest BCUT2D eigenvalue weighted by Gasteiger charge is 2.33. The van der Waals surface area contributed by atoms with Gasteiger partial charge in [0.1, 0.15) is 4.32 Å². The molecule has 2 rings (SSSR count). The molecule has 1 aliphatic heterocycles. The van der Waals surface area contributed by atoms with Gasteiger partial charge in [-0.25, -0.2) is 0 Å². The Morgan fingerprint density at radius 3 is 2.61 bits per heavy atom. The average Bonchev–Trinajstić information content (AvgIpc) is 2.80. The number of hydrogen-bond donors (Lipinski definition) is 0. The number of thioether (sulfide) groups is 1. The highest BCUT2D eigenvalue weighted by molar-refractivity contribution is 8.26. The van der Waals surface area contributed by atoms with Gasteiger partial charge in [-0.15, -0.1) is 0 Å². The molecule has 0 saturated carbocycles. The molecule has 0 bridgehead atoms. The lowest BCUT2D eigenvalue weighted by Gasteiger charge is -2.21. The van der Waals surface area contributed by atoms with E-state index in [2.05, 4.69) is 13.8 Å². The zero-order valence-electron chi connectivity index (χ0n) is 13.5. The smallest absolute Gasteiger partial charge is 0.266 e. The van der Waals surface area contributed by atoms with Crippen molar-refractivity contribution in [1.82, 2.24) is 4.90 Å². The van der Waals surface area contributed by atoms with Crippen molar-refractivity contribution in [2.45, 2.75) is 39.5 Å². The molecule has 1 saturated heterocycles. The SMILES string of the molecule is CCCCC(CC)CN1C(=O)C(=Cc2ccc(Cl)cc2)SC1=S. The molecule has 1 aromatic rings. The van der Waals surface area contributed by atoms with Crippen molar-refractivity contribution < 1.29 is 4.79 Å². The van der Waals surface area contributed by atoms with E-state index in [1.807, 2.05) is 30.3 Å². The molecule has 1 heterocycles. The number of rotatable bonds is 7. The predicted octanol–water partition coefficient (Wildman–Crippen LogP) is 5.76. The molecule has 0 N–H and O–H groups in total. The van der Waals surface area contributed by atoms with Gasteiger partial charge in [-0.1, -0.05) is 80.8 Å². The van der Waals surface area contributed by atoms with E-state index in [-0.39, 0.29) is 5.91 Å². The monoisotopic (exact) mass is 367 g/mol. The van der Waals surface area contributed by atoms with E-state index in [1.165, 1.54) is 24.6 Å². The molecule has 1 fully saturated rings. The predicted molar refractivity (Wildman–Crippen MR) is 105 cm³/mol. The van der Waals surface area contributed by atoms with Crippen LogP contribution in [0.2, 0.25) is 5.02 Å². The molecule has 1 atom stereocenters. The van der Waals surface area contributed by atoms with Crippen LogP contribution in [-0.2, 0) is 4.79 Å². The summed E-state index contributed by atoms with van der Waals surface area (Å²) in [7, 11) is 0. The van der Waals surface area contributed by atoms with Crippen LogP contribution in [0.5, 0.6) is 0 Å². The molecule has 5 heteroatoms. The molecule has 1 amide bonds. The second kappa shape index (κ2) is 8.86. The Bertz CT molecular complexity index is 598. The zero-order chi connectivity index (χ0) is 16.8. The van der Waals surface area contributed by atoms with Crippen LogP contribution in [-0.4, -0.2) is 21.7 Å². The van der Waals surface area contributed by atoms with E-state index in [1.54, 1.807) is 4.90 Å². The van der Waals surface area contributed by atoms with Crippen LogP contribution in [0.25, 0.3) is 6.08 Å². The lowest BCUT2D eigenvalue weighted by atomic mass is 9.99. The highest BCUT2D eigenvalue weighted by Crippen LogP contribution is 2.34. The Morgan fingerprint density at radius 1 is 1.30 bits per heavy atom. The second-order valence-electron chi connectivity index (χ2n) is 5.76. The minimum Gasteiger partial charge on any atom is -0.293 e. The van der Waals surface area contributed by atoms with Gasteiger partial charge < -0.3 is 0 Å². The van der Waals surface area contributed by atoms with Crippen molar-refractivity contribution in [2.75, 3.05) is 6.54 Å². The van der Waals surface area contributed by atoms with Crippen LogP contribution in [0.1, 0.15) is 45.1 Å². The van der Waals surface area contributed by atoms with Gasteiger partial charge in [-0.05, 0) is 36.1 Å². The van der Waals surface area contributed by atoms with Gasteiger partial charge in [0.05, 0.1) is 4.91 Å². The van der Waals surface area contributed by atoms with Crippen LogP contribution in [0.3, 0.4) is 0 Å². The molecule has 0 aliphatic carbocycles. The molecule has 2 nitrogen and oxygen atoms in total. The summed E-state index contributed by atoms with van der Waals surface area (Å²) in [5, 5.41) is 0.691. The number of thiocarbonyl (C=S) groups is 1. The molecule has 1 aliphatic rings. The van der Waals surface area contributed by atoms with E-state index >= 15 is 0 Å². The lowest BCUT2D eigenvalue weighted by Crippen LogP contribution is -2.33. The molecular formula is C18H22ClNOS2. The van der Waals surface area contributed by atoms with E-state index in [0.717, 1.165) is 24.9 Å². The van der Waals surface area contributed by atoms with Gasteiger partial charge in [-0.3, -0.25) is 9.69 Å². The van der Waals surface area contributed by atoms with E-state index in [0.29, 0.717) is 20.2 Å². The van der Waals surface area contributed by atoms with Crippen molar-refractivity contribution in [3.63, 3.8) is 0 Å². The van der Waals surface area contributed by atoms with Crippen LogP contribution < -0.4 is 0 Å². The fourth-order valence-electron chi connectivity index (χ4n) is 2.54. The maximum absolute atomic E-state index is 12.6. The Balaban J connectivity index is 2.08. The minimum atomic E-state index is 0.0323. The number of carbonyl (C=O) groups is 1. The van der Waals surface area contributed by atoms with Crippen molar-refractivity contribution in [1.29, 1.82) is 0 Å². The van der Waals surface area contributed by atoms with Gasteiger partial charge in [0.15, 0.2) is 0 Å². The normalized spacial score (nSPS) is 18.0. The van der Waals surface area contributed by atoms with E-state index in [4.69, 9.17) is 23.8 Å². The molecular weight excluding hydrogens is 346 g/mol. The third kappa shape index (κ3) is 5.07. The highest BCUT2D eigenvalue weighted by atomic mass is 35.5. The van der Waals surface area contributed by atoms with Gasteiger partial charge >= 0.3 is 0 Å². The average molecular weight is 368 g/mol. The van der Waals surface area contributed by atoms with Crippen LogP contribution in [0.15, 0.2) is 29.2 Å². The van der Waals surface area contributed by atoms with Gasteiger partial charge in [0.25, 0.3) is 5.91 Å². The molecule has 23 heavy (non-hydrogen) atoms. The van der Waals surface area contributed by atoms with Crippen LogP contribution in [0, 0.1) is 5.92 Å². The second-order valence-corrected chi connectivity index (χ2v) is 7.87. The Morgan fingerprint density at radius 2 is 2.00 bits per heavy atom. The molecule has 0 spiro atoms. The van der Waals surface area contributed by atoms with E-state index < -0.39 is 0 Å². The number of carbonyl (C=O) groups excluding carboxylic acids is 1. The van der Waals surface area contributed by atoms with E-state index in [9.17, 15) is 4.79 Å². The van der Waals surface area contributed by atoms with Crippen LogP contribution >= 0.6 is 35.6 Å². The largest absolute Gasteiger partial charge is 0.293 e. The maximum Gasteiger partial charge on any atom is 0.266 e. The summed E-state index contributed by atoms with van der Waals surface area (Å²) >= 11 is 12.7. The molecule has 1 aromatic carbocycles. The fraction of sp³-hybridized carbons (Fsp3) is 0.444. The topological polar surface area (TPSA) is 20.3 Å². The first-order valence-electron chi connectivity index (χ1n) is 8.06. The summed E-state index contributed by atoms with van der Waals surface area (Å²) in [4.78, 5) is 15.1. The fourth-order valence-corrected chi connectivity index (χ4v) is 3.94. The summed E-state index contributed by atoms with van der Waals surface area (Å²) in [6.07, 6.45) is 6.51. The third-order valence-corrected chi connectivity index (χ3v) is 5.66. The Labute approximate surface area is 153 Å². The first-order chi connectivity index (χ1) is 11.0. The zero-order valence-corrected chi connectivity index (χ0v) is 15.9. The first-order valence-corrected chi connectivity index (χ1v) is 9.66. The van der Waals surface area contributed by atoms with Gasteiger partial charge in [0.2, 0.25) is 0 Å². The molecule has 1 unspecified atom stereocenters. The standard InChI is InChI=1S/C18H22ClNOS2/c1-3-5-6-13(4-2)12-20-17(21)16(23-18(20)22)11-14-7-9-15(19)10-8-14/h7-11,13H,3-6,12H2,1-2H3. The number of benzene rings is 1. The number of hydrogen-bond acceptors (Lipinski definition) is 3. The molecule has 0 aromatic heterocycles. The summed E-state index contributed by atoms with van der Waals surface area (Å²) in [5.41, 5.74) is 0.966. The number of nitrogens with zero attached hydrogens (tertiary/aromatic N) is 1. The lowest BCUT2D eigenvalue weighted by molar-refractivity contribution is -0.122. The summed E-state index contributed by atoms with van der Waals surface area (Å²) < 4.78 is 0.671. The quantitative estimate of drug-likeness (QED) is 0.451. The van der Waals surface area contributed by atoms with Crippen LogP contribution in [0.4, 0.5) is 0 Å². The first kappa shape index (κ1) is 18.5. The molecule has 124 valence electrons. The number of halogens is 1. The maximum atomic E-state index is 12.6. The van der Waals surface area contributed by atoms with Crippen molar-refractivity contribution in [2.24, 2.45) is 5.92 Å². The van der Waals surface area contributed by atoms with Crippen molar-refractivity contribution >= 4 is 51.9 Å². The molecule has 0 radical (unpaired) electrons. The third-order valence-electron chi connectivity index (χ3n) is 4.03. The minimum absolute atomic E-state index is 0.0323. The van der Waals surface area contributed by atoms with Crippen molar-refractivity contribution in [3.05, 3.63) is 39.8 Å². The van der Waals surface area contributed by atoms with Gasteiger partial charge in [0, 0.05) is 11.6 Å². The summed E-state index contributed by atoms with van der Waals surface area (Å²) in [6.45, 7) is 5.11. The number of amides is 1. The van der Waals surface area contributed by atoms with Crippen molar-refractivity contribution in [3.8, 4) is 0 Å². The summed E-state index contributed by atoms with van der Waals surface area (Å²) in [5.74, 6) is 0.553. The van der Waals surface area contributed by atoms with Gasteiger partial charge in [-0.2, -0.15) is 0 Å².